The summed E-state index contributed by atoms with van der Waals surface area (Å²) in [7, 11) is 0. The van der Waals surface area contributed by atoms with Crippen LogP contribution in [0.4, 0.5) is 0 Å². The Balaban J connectivity index is 1.21. The summed E-state index contributed by atoms with van der Waals surface area (Å²) in [6.45, 7) is 0.744. The molecule has 8 nitrogen and oxygen atoms in total. The maximum absolute atomic E-state index is 12.7. The molecule has 2 aromatic heterocycles. The summed E-state index contributed by atoms with van der Waals surface area (Å²) < 4.78 is 10.6. The second-order valence-electron chi connectivity index (χ2n) is 7.33. The molecular weight excluding hydrogens is 322 g/mol. The third-order valence-electron chi connectivity index (χ3n) is 5.23. The van der Waals surface area contributed by atoms with Crippen LogP contribution >= 0.6 is 0 Å². The van der Waals surface area contributed by atoms with E-state index < -0.39 is 0 Å². The first-order valence-corrected chi connectivity index (χ1v) is 9.23. The van der Waals surface area contributed by atoms with Crippen LogP contribution in [0.25, 0.3) is 0 Å². The molecule has 0 N–H and O–H groups in total. The summed E-state index contributed by atoms with van der Waals surface area (Å²) in [6, 6.07) is -0.0616. The smallest absolute Gasteiger partial charge is 0.229 e. The predicted octanol–water partition coefficient (Wildman–Crippen LogP) is 2.50. The van der Waals surface area contributed by atoms with Crippen LogP contribution in [0.1, 0.15) is 86.3 Å². The summed E-state index contributed by atoms with van der Waals surface area (Å²) in [6.07, 6.45) is 7.25. The Morgan fingerprint density at radius 2 is 1.80 bits per heavy atom. The molecule has 1 atom stereocenters. The van der Waals surface area contributed by atoms with Crippen molar-refractivity contribution in [3.05, 3.63) is 23.4 Å². The summed E-state index contributed by atoms with van der Waals surface area (Å²) >= 11 is 0. The van der Waals surface area contributed by atoms with Gasteiger partial charge in [-0.3, -0.25) is 4.79 Å². The fourth-order valence-electron chi connectivity index (χ4n) is 3.45. The second kappa shape index (κ2) is 5.93. The van der Waals surface area contributed by atoms with Crippen LogP contribution in [0.3, 0.4) is 0 Å². The standard InChI is InChI=1S/C17H21N5O3/c23-14(8-7-13-18-15(20-24-13)10-3-4-10)22-9-1-2-12(22)16-19-17(25-21-16)11-5-6-11/h10-12H,1-9H2/t12-/m0/s1. The Morgan fingerprint density at radius 3 is 2.60 bits per heavy atom. The molecule has 0 radical (unpaired) electrons. The van der Waals surface area contributed by atoms with Crippen molar-refractivity contribution in [2.45, 2.75) is 69.2 Å². The fourth-order valence-corrected chi connectivity index (χ4v) is 3.45. The van der Waals surface area contributed by atoms with Gasteiger partial charge in [-0.2, -0.15) is 9.97 Å². The van der Waals surface area contributed by atoms with Crippen molar-refractivity contribution in [1.82, 2.24) is 25.2 Å². The average Bonchev–Trinajstić information content (AvgIpc) is 3.49. The Bertz CT molecular complexity index is 777. The molecule has 2 saturated carbocycles. The van der Waals surface area contributed by atoms with Crippen molar-refractivity contribution >= 4 is 5.91 Å². The third-order valence-corrected chi connectivity index (χ3v) is 5.23. The van der Waals surface area contributed by atoms with Crippen molar-refractivity contribution in [2.75, 3.05) is 6.54 Å². The minimum atomic E-state index is -0.0616. The lowest BCUT2D eigenvalue weighted by Gasteiger charge is -2.21. The van der Waals surface area contributed by atoms with E-state index in [1.165, 1.54) is 0 Å². The number of hydrogen-bond donors (Lipinski definition) is 0. The van der Waals surface area contributed by atoms with Crippen LogP contribution in [0, 0.1) is 0 Å². The number of rotatable bonds is 6. The number of aromatic nitrogens is 4. The van der Waals surface area contributed by atoms with Gasteiger partial charge in [0, 0.05) is 31.2 Å². The normalized spacial score (nSPS) is 23.4. The molecule has 0 unspecified atom stereocenters. The number of amides is 1. The molecule has 0 spiro atoms. The molecule has 1 saturated heterocycles. The van der Waals surface area contributed by atoms with Crippen LogP contribution in [0.5, 0.6) is 0 Å². The molecule has 2 aromatic rings. The molecule has 2 aliphatic carbocycles. The van der Waals surface area contributed by atoms with Crippen molar-refractivity contribution in [2.24, 2.45) is 0 Å². The second-order valence-corrected chi connectivity index (χ2v) is 7.33. The highest BCUT2D eigenvalue weighted by Crippen LogP contribution is 2.40. The average molecular weight is 343 g/mol. The van der Waals surface area contributed by atoms with E-state index in [1.54, 1.807) is 0 Å². The van der Waals surface area contributed by atoms with Crippen molar-refractivity contribution in [3.63, 3.8) is 0 Å². The van der Waals surface area contributed by atoms with Crippen molar-refractivity contribution < 1.29 is 13.8 Å². The third kappa shape index (κ3) is 3.05. The number of likely N-dealkylation sites (tertiary alicyclic amines) is 1. The number of nitrogens with zero attached hydrogens (tertiary/aromatic N) is 5. The highest BCUT2D eigenvalue weighted by Gasteiger charge is 2.36. The molecule has 3 heterocycles. The molecule has 1 amide bonds. The highest BCUT2D eigenvalue weighted by atomic mass is 16.5. The number of hydrogen-bond acceptors (Lipinski definition) is 7. The van der Waals surface area contributed by atoms with E-state index in [4.69, 9.17) is 9.05 Å². The monoisotopic (exact) mass is 343 g/mol. The molecule has 0 bridgehead atoms. The Labute approximate surface area is 145 Å². The summed E-state index contributed by atoms with van der Waals surface area (Å²) in [5.41, 5.74) is 0. The summed E-state index contributed by atoms with van der Waals surface area (Å²) in [4.78, 5) is 23.4. The first kappa shape index (κ1) is 15.0. The van der Waals surface area contributed by atoms with Crippen LogP contribution < -0.4 is 0 Å². The van der Waals surface area contributed by atoms with E-state index in [1.807, 2.05) is 4.90 Å². The molecular formula is C17H21N5O3. The van der Waals surface area contributed by atoms with E-state index in [-0.39, 0.29) is 11.9 Å². The van der Waals surface area contributed by atoms with E-state index in [0.29, 0.717) is 36.4 Å². The summed E-state index contributed by atoms with van der Waals surface area (Å²) in [5.74, 6) is 3.73. The Morgan fingerprint density at radius 1 is 1.00 bits per heavy atom. The fraction of sp³-hybridized carbons (Fsp3) is 0.706. The number of aryl methyl sites for hydroxylation is 1. The molecule has 8 heteroatoms. The zero-order valence-electron chi connectivity index (χ0n) is 14.1. The molecule has 25 heavy (non-hydrogen) atoms. The topological polar surface area (TPSA) is 98.2 Å². The molecule has 1 aliphatic heterocycles. The lowest BCUT2D eigenvalue weighted by atomic mass is 10.2. The van der Waals surface area contributed by atoms with Gasteiger partial charge in [0.2, 0.25) is 17.7 Å². The molecule has 132 valence electrons. The molecule has 5 rings (SSSR count). The van der Waals surface area contributed by atoms with Gasteiger partial charge in [0.15, 0.2) is 11.6 Å². The van der Waals surface area contributed by atoms with Gasteiger partial charge in [-0.15, -0.1) is 0 Å². The molecule has 0 aromatic carbocycles. The number of carbonyl (C=O) groups is 1. The van der Waals surface area contributed by atoms with Gasteiger partial charge >= 0.3 is 0 Å². The van der Waals surface area contributed by atoms with Gasteiger partial charge in [0.1, 0.15) is 0 Å². The molecule has 3 fully saturated rings. The van der Waals surface area contributed by atoms with E-state index in [2.05, 4.69) is 20.3 Å². The Kier molecular flexibility index (Phi) is 3.57. The van der Waals surface area contributed by atoms with Crippen LogP contribution in [0.2, 0.25) is 0 Å². The lowest BCUT2D eigenvalue weighted by molar-refractivity contribution is -0.132. The predicted molar refractivity (Wildman–Crippen MR) is 84.6 cm³/mol. The quantitative estimate of drug-likeness (QED) is 0.794. The lowest BCUT2D eigenvalue weighted by Crippen LogP contribution is -2.31. The van der Waals surface area contributed by atoms with Crippen LogP contribution in [0.15, 0.2) is 9.05 Å². The highest BCUT2D eigenvalue weighted by molar-refractivity contribution is 5.77. The van der Waals surface area contributed by atoms with Crippen molar-refractivity contribution in [1.29, 1.82) is 0 Å². The maximum Gasteiger partial charge on any atom is 0.229 e. The minimum absolute atomic E-state index is 0.0616. The zero-order chi connectivity index (χ0) is 16.8. The van der Waals surface area contributed by atoms with E-state index in [0.717, 1.165) is 56.8 Å². The summed E-state index contributed by atoms with van der Waals surface area (Å²) in [5, 5.41) is 8.12. The SMILES string of the molecule is O=C(CCc1nc(C2CC2)no1)N1CCC[C@H]1c1noc(C2CC2)n1. The van der Waals surface area contributed by atoms with Gasteiger partial charge in [0.25, 0.3) is 0 Å². The van der Waals surface area contributed by atoms with Gasteiger partial charge in [-0.1, -0.05) is 10.3 Å². The number of carbonyl (C=O) groups excluding carboxylic acids is 1. The molecule has 3 aliphatic rings. The van der Waals surface area contributed by atoms with Crippen LogP contribution in [-0.4, -0.2) is 37.6 Å². The maximum atomic E-state index is 12.7. The van der Waals surface area contributed by atoms with Gasteiger partial charge in [0.05, 0.1) is 6.04 Å². The van der Waals surface area contributed by atoms with Gasteiger partial charge in [-0.05, 0) is 38.5 Å². The first-order valence-electron chi connectivity index (χ1n) is 9.23. The van der Waals surface area contributed by atoms with Gasteiger partial charge < -0.3 is 13.9 Å². The van der Waals surface area contributed by atoms with Crippen molar-refractivity contribution in [3.8, 4) is 0 Å². The minimum Gasteiger partial charge on any atom is -0.339 e. The first-order chi connectivity index (χ1) is 12.3. The van der Waals surface area contributed by atoms with Crippen LogP contribution in [-0.2, 0) is 11.2 Å². The zero-order valence-corrected chi connectivity index (χ0v) is 14.1. The van der Waals surface area contributed by atoms with Gasteiger partial charge in [-0.25, -0.2) is 0 Å². The largest absolute Gasteiger partial charge is 0.339 e. The van der Waals surface area contributed by atoms with E-state index in [9.17, 15) is 4.79 Å². The van der Waals surface area contributed by atoms with E-state index >= 15 is 0 Å². The Hall–Kier alpha value is -2.25.